The summed E-state index contributed by atoms with van der Waals surface area (Å²) in [4.78, 5) is 0. The van der Waals surface area contributed by atoms with Crippen LogP contribution in [0.1, 0.15) is 230 Å². The third-order valence-corrected chi connectivity index (χ3v) is 11.4. The minimum Gasteiger partial charge on any atom is -0.385 e. The van der Waals surface area contributed by atoms with E-state index in [0.29, 0.717) is 0 Å². The van der Waals surface area contributed by atoms with E-state index in [1.165, 1.54) is 239 Å². The van der Waals surface area contributed by atoms with E-state index in [1.54, 1.807) is 0 Å². The van der Waals surface area contributed by atoms with E-state index < -0.39 is 0 Å². The molecule has 0 saturated carbocycles. The summed E-state index contributed by atoms with van der Waals surface area (Å²) >= 11 is 0. The summed E-state index contributed by atoms with van der Waals surface area (Å²) in [5.74, 6) is 0. The minimum atomic E-state index is 1.08. The number of anilines is 2. The second kappa shape index (κ2) is 32.0. The molecule has 0 aliphatic rings. The zero-order valence-corrected chi connectivity index (χ0v) is 34.4. The maximum absolute atomic E-state index is 3.87. The van der Waals surface area contributed by atoms with E-state index in [2.05, 4.69) is 62.6 Å². The molecule has 0 atom stereocenters. The highest BCUT2D eigenvalue weighted by atomic mass is 14.9. The second-order valence-corrected chi connectivity index (χ2v) is 16.1. The molecule has 2 aromatic carbocycles. The average Bonchev–Trinajstić information content (AvgIpc) is 3.12. The Morgan fingerprint density at radius 1 is 0.380 bits per heavy atom. The van der Waals surface area contributed by atoms with Gasteiger partial charge in [0.05, 0.1) is 0 Å². The molecule has 2 aromatic rings. The summed E-state index contributed by atoms with van der Waals surface area (Å²) < 4.78 is 0. The van der Waals surface area contributed by atoms with Crippen LogP contribution in [-0.4, -0.2) is 13.1 Å². The van der Waals surface area contributed by atoms with Crippen molar-refractivity contribution in [3.63, 3.8) is 0 Å². The monoisotopic (exact) mass is 691 g/mol. The van der Waals surface area contributed by atoms with Crippen LogP contribution in [0.2, 0.25) is 0 Å². The van der Waals surface area contributed by atoms with Gasteiger partial charge in [0.1, 0.15) is 0 Å². The lowest BCUT2D eigenvalue weighted by Crippen LogP contribution is -2.06. The van der Waals surface area contributed by atoms with E-state index in [1.807, 2.05) is 0 Å². The number of benzene rings is 2. The van der Waals surface area contributed by atoms with Crippen LogP contribution in [0.5, 0.6) is 0 Å². The molecule has 0 aliphatic carbocycles. The molecule has 288 valence electrons. The number of fused-ring (bicyclic) bond motifs is 1. The van der Waals surface area contributed by atoms with Gasteiger partial charge >= 0.3 is 0 Å². The molecule has 2 rings (SSSR count). The summed E-state index contributed by atoms with van der Waals surface area (Å²) in [5.41, 5.74) is 5.46. The number of unbranched alkanes of at least 4 members (excludes halogenated alkanes) is 30. The van der Waals surface area contributed by atoms with Crippen LogP contribution in [-0.2, 0) is 0 Å². The average molecular weight is 691 g/mol. The van der Waals surface area contributed by atoms with Crippen molar-refractivity contribution in [2.75, 3.05) is 23.7 Å². The molecule has 0 fully saturated rings. The highest BCUT2D eigenvalue weighted by molar-refractivity contribution is 6.03. The fraction of sp³-hybridized carbons (Fsp3) is 0.792. The molecule has 2 heteroatoms. The summed E-state index contributed by atoms with van der Waals surface area (Å²) in [6.45, 7) is 11.3. The van der Waals surface area contributed by atoms with Crippen molar-refractivity contribution in [2.24, 2.45) is 0 Å². The van der Waals surface area contributed by atoms with Crippen LogP contribution in [0.25, 0.3) is 10.8 Å². The molecular weight excluding hydrogens is 605 g/mol. The first-order valence-electron chi connectivity index (χ1n) is 22.7. The zero-order chi connectivity index (χ0) is 35.7. The van der Waals surface area contributed by atoms with E-state index in [0.717, 1.165) is 13.1 Å². The topological polar surface area (TPSA) is 24.1 Å². The van der Waals surface area contributed by atoms with Crippen molar-refractivity contribution in [3.05, 3.63) is 35.4 Å². The summed E-state index contributed by atoms with van der Waals surface area (Å²) in [6, 6.07) is 9.24. The van der Waals surface area contributed by atoms with Gasteiger partial charge in [-0.2, -0.15) is 0 Å². The Hall–Kier alpha value is -1.70. The molecule has 0 saturated heterocycles. The standard InChI is InChI=1S/C48H86N2/c1-5-7-9-11-13-15-17-19-21-23-25-27-29-31-33-35-40-49-47-39-37-38-45-46(47)42-43(3)44(4)48(45)50-41-36-34-32-30-28-26-24-22-20-18-16-14-12-10-8-6-2/h37-39,42,49-50H,5-36,40-41H2,1-4H3. The normalized spacial score (nSPS) is 11.5. The van der Waals surface area contributed by atoms with Gasteiger partial charge in [0.25, 0.3) is 0 Å². The number of aryl methyl sites for hydroxylation is 1. The molecule has 2 nitrogen and oxygen atoms in total. The van der Waals surface area contributed by atoms with Crippen molar-refractivity contribution >= 4 is 22.1 Å². The Kier molecular flexibility index (Phi) is 28.4. The molecule has 0 aliphatic heterocycles. The fourth-order valence-corrected chi connectivity index (χ4v) is 7.83. The smallest absolute Gasteiger partial charge is 0.0453 e. The summed E-state index contributed by atoms with van der Waals surface area (Å²) in [6.07, 6.45) is 45.5. The van der Waals surface area contributed by atoms with Crippen molar-refractivity contribution < 1.29 is 0 Å². The Balaban J connectivity index is 1.52. The quantitative estimate of drug-likeness (QED) is 0.0696. The SMILES string of the molecule is CCCCCCCCCCCCCCCCCCNc1cccc2c(NCCCCCCCCCCCCCCCCCC)c(C)c(C)cc12. The van der Waals surface area contributed by atoms with Gasteiger partial charge in [-0.1, -0.05) is 219 Å². The van der Waals surface area contributed by atoms with Crippen LogP contribution in [0.15, 0.2) is 24.3 Å². The van der Waals surface area contributed by atoms with E-state index in [9.17, 15) is 0 Å². The van der Waals surface area contributed by atoms with Crippen LogP contribution >= 0.6 is 0 Å². The number of hydrogen-bond acceptors (Lipinski definition) is 2. The fourth-order valence-electron chi connectivity index (χ4n) is 7.83. The van der Waals surface area contributed by atoms with Crippen molar-refractivity contribution in [2.45, 2.75) is 233 Å². The largest absolute Gasteiger partial charge is 0.385 e. The predicted octanol–water partition coefficient (Wildman–Crippen LogP) is 16.8. The second-order valence-electron chi connectivity index (χ2n) is 16.1. The maximum atomic E-state index is 3.87. The molecule has 2 N–H and O–H groups in total. The van der Waals surface area contributed by atoms with E-state index in [4.69, 9.17) is 0 Å². The molecule has 0 amide bonds. The van der Waals surface area contributed by atoms with Gasteiger partial charge in [0.15, 0.2) is 0 Å². The van der Waals surface area contributed by atoms with Crippen molar-refractivity contribution in [1.82, 2.24) is 0 Å². The Bertz CT molecular complexity index is 1040. The van der Waals surface area contributed by atoms with Gasteiger partial charge in [0, 0.05) is 35.2 Å². The van der Waals surface area contributed by atoms with Gasteiger partial charge in [-0.05, 0) is 49.9 Å². The first kappa shape index (κ1) is 44.5. The third kappa shape index (κ3) is 21.6. The molecule has 50 heavy (non-hydrogen) atoms. The molecule has 0 aromatic heterocycles. The van der Waals surface area contributed by atoms with Crippen LogP contribution in [0.3, 0.4) is 0 Å². The summed E-state index contributed by atoms with van der Waals surface area (Å²) in [7, 11) is 0. The number of hydrogen-bond donors (Lipinski definition) is 2. The first-order chi connectivity index (χ1) is 24.7. The van der Waals surface area contributed by atoms with E-state index in [-0.39, 0.29) is 0 Å². The number of nitrogens with one attached hydrogen (secondary N) is 2. The molecule has 0 radical (unpaired) electrons. The molecule has 0 spiro atoms. The van der Waals surface area contributed by atoms with Crippen LogP contribution < -0.4 is 10.6 Å². The highest BCUT2D eigenvalue weighted by Gasteiger charge is 2.10. The van der Waals surface area contributed by atoms with Crippen LogP contribution in [0.4, 0.5) is 11.4 Å². The van der Waals surface area contributed by atoms with Crippen LogP contribution in [0, 0.1) is 13.8 Å². The van der Waals surface area contributed by atoms with Gasteiger partial charge in [-0.25, -0.2) is 0 Å². The predicted molar refractivity (Wildman–Crippen MR) is 229 cm³/mol. The zero-order valence-electron chi connectivity index (χ0n) is 34.4. The lowest BCUT2D eigenvalue weighted by Gasteiger charge is -2.18. The van der Waals surface area contributed by atoms with Gasteiger partial charge in [0.2, 0.25) is 0 Å². The lowest BCUT2D eigenvalue weighted by atomic mass is 9.98. The van der Waals surface area contributed by atoms with Gasteiger partial charge < -0.3 is 10.6 Å². The molecule has 0 bridgehead atoms. The van der Waals surface area contributed by atoms with Crippen molar-refractivity contribution in [1.29, 1.82) is 0 Å². The Morgan fingerprint density at radius 2 is 0.720 bits per heavy atom. The molecule has 0 unspecified atom stereocenters. The molecular formula is C48H86N2. The Morgan fingerprint density at radius 3 is 1.10 bits per heavy atom. The third-order valence-electron chi connectivity index (χ3n) is 11.4. The van der Waals surface area contributed by atoms with Gasteiger partial charge in [-0.15, -0.1) is 0 Å². The first-order valence-corrected chi connectivity index (χ1v) is 22.7. The summed E-state index contributed by atoms with van der Waals surface area (Å²) in [5, 5.41) is 10.4. The van der Waals surface area contributed by atoms with E-state index >= 15 is 0 Å². The number of rotatable bonds is 36. The highest BCUT2D eigenvalue weighted by Crippen LogP contribution is 2.34. The maximum Gasteiger partial charge on any atom is 0.0453 e. The minimum absolute atomic E-state index is 1.08. The Labute approximate surface area is 313 Å². The molecule has 0 heterocycles. The van der Waals surface area contributed by atoms with Crippen molar-refractivity contribution in [3.8, 4) is 0 Å². The lowest BCUT2D eigenvalue weighted by molar-refractivity contribution is 0.530. The van der Waals surface area contributed by atoms with Gasteiger partial charge in [-0.3, -0.25) is 0 Å².